The molecule has 0 radical (unpaired) electrons. The highest BCUT2D eigenvalue weighted by Crippen LogP contribution is 2.35. The first-order chi connectivity index (χ1) is 8.91. The zero-order valence-corrected chi connectivity index (χ0v) is 10.1. The summed E-state index contributed by atoms with van der Waals surface area (Å²) in [6.07, 6.45) is -4.41. The Hall–Kier alpha value is -1.95. The first-order valence-corrected chi connectivity index (χ1v) is 5.46. The molecule has 2 rings (SSSR count). The number of furan rings is 1. The lowest BCUT2D eigenvalue weighted by Gasteiger charge is -2.09. The summed E-state index contributed by atoms with van der Waals surface area (Å²) < 4.78 is 47.9. The Balaban J connectivity index is 2.35. The van der Waals surface area contributed by atoms with E-state index >= 15 is 0 Å². The fraction of sp³-hybridized carbons (Fsp3) is 0.231. The number of nitrogens with two attached hydrogens (primary N) is 1. The summed E-state index contributed by atoms with van der Waals surface area (Å²) in [4.78, 5) is 0. The van der Waals surface area contributed by atoms with Crippen LogP contribution in [0, 0.1) is 0 Å². The van der Waals surface area contributed by atoms with E-state index < -0.39 is 11.7 Å². The normalized spacial score (nSPS) is 11.8. The Morgan fingerprint density at radius 2 is 1.95 bits per heavy atom. The van der Waals surface area contributed by atoms with Gasteiger partial charge in [-0.3, -0.25) is 0 Å². The summed E-state index contributed by atoms with van der Waals surface area (Å²) in [5.74, 6) is 0.995. The maximum absolute atomic E-state index is 12.5. The molecule has 2 aromatic rings. The molecule has 0 aliphatic heterocycles. The number of hydrogen-bond acceptors (Lipinski definition) is 3. The van der Waals surface area contributed by atoms with E-state index in [1.807, 2.05) is 0 Å². The van der Waals surface area contributed by atoms with Crippen LogP contribution in [0.15, 0.2) is 34.7 Å². The molecule has 0 aliphatic carbocycles. The van der Waals surface area contributed by atoms with Gasteiger partial charge in [-0.2, -0.15) is 13.2 Å². The van der Waals surface area contributed by atoms with Crippen LogP contribution in [0.3, 0.4) is 0 Å². The van der Waals surface area contributed by atoms with Crippen LogP contribution < -0.4 is 5.73 Å². The number of alkyl halides is 3. The van der Waals surface area contributed by atoms with Gasteiger partial charge in [-0.25, -0.2) is 0 Å². The highest BCUT2D eigenvalue weighted by molar-refractivity contribution is 5.73. The van der Waals surface area contributed by atoms with Crippen LogP contribution in [0.2, 0.25) is 0 Å². The molecule has 19 heavy (non-hydrogen) atoms. The molecule has 0 aliphatic rings. The Kier molecular flexibility index (Phi) is 3.53. The van der Waals surface area contributed by atoms with Crippen LogP contribution in [-0.2, 0) is 17.5 Å². The van der Waals surface area contributed by atoms with Crippen molar-refractivity contribution in [3.8, 4) is 11.3 Å². The molecule has 0 spiro atoms. The molecule has 0 fully saturated rings. The highest BCUT2D eigenvalue weighted by Gasteiger charge is 2.31. The van der Waals surface area contributed by atoms with Gasteiger partial charge in [-0.15, -0.1) is 0 Å². The molecule has 3 nitrogen and oxygen atoms in total. The van der Waals surface area contributed by atoms with Gasteiger partial charge in [0.1, 0.15) is 18.1 Å². The molecule has 0 bridgehead atoms. The Bertz CT molecular complexity index is 576. The summed E-state index contributed by atoms with van der Waals surface area (Å²) in [5, 5.41) is 0. The second-order valence-electron chi connectivity index (χ2n) is 4.00. The SMILES string of the molecule is COCc1ccc(-c2ccc(C(F)(F)F)cc2N)o1. The van der Waals surface area contributed by atoms with Gasteiger partial charge in [0.25, 0.3) is 0 Å². The van der Waals surface area contributed by atoms with Crippen molar-refractivity contribution in [2.75, 3.05) is 12.8 Å². The number of rotatable bonds is 3. The second-order valence-corrected chi connectivity index (χ2v) is 4.00. The largest absolute Gasteiger partial charge is 0.459 e. The van der Waals surface area contributed by atoms with Crippen molar-refractivity contribution in [1.82, 2.24) is 0 Å². The van der Waals surface area contributed by atoms with E-state index in [0.29, 0.717) is 23.7 Å². The smallest absolute Gasteiger partial charge is 0.416 e. The summed E-state index contributed by atoms with van der Waals surface area (Å²) >= 11 is 0. The zero-order chi connectivity index (χ0) is 14.0. The zero-order valence-electron chi connectivity index (χ0n) is 10.1. The number of anilines is 1. The molecule has 0 saturated heterocycles. The van der Waals surface area contributed by atoms with Gasteiger partial charge in [-0.1, -0.05) is 0 Å². The van der Waals surface area contributed by atoms with E-state index in [1.165, 1.54) is 13.2 Å². The van der Waals surface area contributed by atoms with Crippen molar-refractivity contribution in [1.29, 1.82) is 0 Å². The summed E-state index contributed by atoms with van der Waals surface area (Å²) in [5.41, 5.74) is 5.31. The third-order valence-corrected chi connectivity index (χ3v) is 2.59. The van der Waals surface area contributed by atoms with Crippen molar-refractivity contribution >= 4 is 5.69 Å². The highest BCUT2D eigenvalue weighted by atomic mass is 19.4. The predicted molar refractivity (Wildman–Crippen MR) is 64.3 cm³/mol. The average Bonchev–Trinajstić information content (AvgIpc) is 2.76. The molecule has 0 amide bonds. The van der Waals surface area contributed by atoms with Crippen molar-refractivity contribution in [3.05, 3.63) is 41.7 Å². The fourth-order valence-electron chi connectivity index (χ4n) is 1.71. The first kappa shape index (κ1) is 13.5. The average molecular weight is 271 g/mol. The van der Waals surface area contributed by atoms with Gasteiger partial charge in [-0.05, 0) is 30.3 Å². The van der Waals surface area contributed by atoms with Crippen LogP contribution in [0.5, 0.6) is 0 Å². The van der Waals surface area contributed by atoms with Crippen LogP contribution in [-0.4, -0.2) is 7.11 Å². The van der Waals surface area contributed by atoms with E-state index in [4.69, 9.17) is 14.9 Å². The maximum atomic E-state index is 12.5. The van der Waals surface area contributed by atoms with Gasteiger partial charge >= 0.3 is 6.18 Å². The number of hydrogen-bond donors (Lipinski definition) is 1. The molecule has 0 unspecified atom stereocenters. The molecular weight excluding hydrogens is 259 g/mol. The minimum absolute atomic E-state index is 0.0214. The van der Waals surface area contributed by atoms with Crippen molar-refractivity contribution in [3.63, 3.8) is 0 Å². The number of ether oxygens (including phenoxy) is 1. The molecule has 6 heteroatoms. The molecule has 0 saturated carbocycles. The maximum Gasteiger partial charge on any atom is 0.416 e. The molecule has 102 valence electrons. The van der Waals surface area contributed by atoms with Gasteiger partial charge in [0.15, 0.2) is 0 Å². The summed E-state index contributed by atoms with van der Waals surface area (Å²) in [7, 11) is 1.52. The number of halogens is 3. The molecule has 1 aromatic carbocycles. The lowest BCUT2D eigenvalue weighted by atomic mass is 10.1. The predicted octanol–water partition coefficient (Wildman–Crippen LogP) is 3.69. The van der Waals surface area contributed by atoms with Crippen LogP contribution in [0.4, 0.5) is 18.9 Å². The van der Waals surface area contributed by atoms with Crippen molar-refractivity contribution in [2.45, 2.75) is 12.8 Å². The van der Waals surface area contributed by atoms with Crippen LogP contribution in [0.25, 0.3) is 11.3 Å². The minimum atomic E-state index is -4.41. The van der Waals surface area contributed by atoms with Crippen molar-refractivity contribution in [2.24, 2.45) is 0 Å². The third-order valence-electron chi connectivity index (χ3n) is 2.59. The Morgan fingerprint density at radius 3 is 2.53 bits per heavy atom. The van der Waals surface area contributed by atoms with E-state index in [-0.39, 0.29) is 5.69 Å². The third kappa shape index (κ3) is 2.90. The van der Waals surface area contributed by atoms with Gasteiger partial charge in [0.05, 0.1) is 5.56 Å². The fourth-order valence-corrected chi connectivity index (χ4v) is 1.71. The molecular formula is C13H12F3NO2. The lowest BCUT2D eigenvalue weighted by Crippen LogP contribution is -2.05. The van der Waals surface area contributed by atoms with E-state index in [1.54, 1.807) is 12.1 Å². The summed E-state index contributed by atoms with van der Waals surface area (Å²) in [6, 6.07) is 6.51. The van der Waals surface area contributed by atoms with Gasteiger partial charge < -0.3 is 14.9 Å². The summed E-state index contributed by atoms with van der Waals surface area (Å²) in [6.45, 7) is 0.292. The Morgan fingerprint density at radius 1 is 1.21 bits per heavy atom. The van der Waals surface area contributed by atoms with Crippen molar-refractivity contribution < 1.29 is 22.3 Å². The second kappa shape index (κ2) is 4.97. The van der Waals surface area contributed by atoms with Crippen LogP contribution >= 0.6 is 0 Å². The lowest BCUT2D eigenvalue weighted by molar-refractivity contribution is -0.137. The van der Waals surface area contributed by atoms with Crippen LogP contribution in [0.1, 0.15) is 11.3 Å². The van der Waals surface area contributed by atoms with E-state index in [9.17, 15) is 13.2 Å². The number of nitrogen functional groups attached to an aromatic ring is 1. The first-order valence-electron chi connectivity index (χ1n) is 5.46. The number of methoxy groups -OCH3 is 1. The topological polar surface area (TPSA) is 48.4 Å². The van der Waals surface area contributed by atoms with Gasteiger partial charge in [0, 0.05) is 18.4 Å². The van der Waals surface area contributed by atoms with Gasteiger partial charge in [0.2, 0.25) is 0 Å². The molecule has 1 aromatic heterocycles. The number of benzene rings is 1. The molecule has 2 N–H and O–H groups in total. The van der Waals surface area contributed by atoms with E-state index in [2.05, 4.69) is 0 Å². The quantitative estimate of drug-likeness (QED) is 0.866. The van der Waals surface area contributed by atoms with E-state index in [0.717, 1.165) is 12.1 Å². The minimum Gasteiger partial charge on any atom is -0.459 e. The standard InChI is InChI=1S/C13H12F3NO2/c1-18-7-9-3-5-12(19-9)10-4-2-8(6-11(10)17)13(14,15)16/h2-6H,7,17H2,1H3. The Labute approximate surface area is 107 Å². The monoisotopic (exact) mass is 271 g/mol. The molecule has 1 heterocycles. The molecule has 0 atom stereocenters.